The Hall–Kier alpha value is -2.82. The number of alkyl halides is 5. The number of benzene rings is 2. The molecule has 0 aliphatic rings. The van der Waals surface area contributed by atoms with E-state index in [0.29, 0.717) is 11.1 Å². The number of ether oxygens (including phenoxy) is 4. The summed E-state index contributed by atoms with van der Waals surface area (Å²) >= 11 is 3.09. The summed E-state index contributed by atoms with van der Waals surface area (Å²) in [5, 5.41) is 0. The van der Waals surface area contributed by atoms with Crippen molar-refractivity contribution >= 4 is 27.9 Å². The highest BCUT2D eigenvalue weighted by molar-refractivity contribution is 9.09. The number of hydrogen-bond acceptors (Lipinski definition) is 6. The lowest BCUT2D eigenvalue weighted by Gasteiger charge is -2.10. The maximum Gasteiger partial charge on any atom is 0.387 e. The molecule has 2 rings (SSSR count). The average molecular weight is 511 g/mol. The van der Waals surface area contributed by atoms with Crippen LogP contribution in [0.4, 0.5) is 17.6 Å². The van der Waals surface area contributed by atoms with Crippen LogP contribution in [0.1, 0.15) is 16.0 Å². The van der Waals surface area contributed by atoms with Gasteiger partial charge in [-0.1, -0.05) is 40.2 Å². The maximum atomic E-state index is 12.0. The van der Waals surface area contributed by atoms with E-state index in [-0.39, 0.29) is 17.9 Å². The van der Waals surface area contributed by atoms with Crippen molar-refractivity contribution in [2.24, 2.45) is 0 Å². The molecule has 170 valence electrons. The summed E-state index contributed by atoms with van der Waals surface area (Å²) in [4.78, 5) is 21.4. The molecule has 0 aromatic heterocycles. The number of methoxy groups -OCH3 is 2. The van der Waals surface area contributed by atoms with Gasteiger partial charge in [0.1, 0.15) is 16.3 Å². The quantitative estimate of drug-likeness (QED) is 0.285. The van der Waals surface area contributed by atoms with Gasteiger partial charge in [-0.2, -0.15) is 17.6 Å². The molecule has 1 atom stereocenters. The Morgan fingerprint density at radius 1 is 0.871 bits per heavy atom. The van der Waals surface area contributed by atoms with Gasteiger partial charge in [-0.25, -0.2) is 0 Å². The van der Waals surface area contributed by atoms with Crippen molar-refractivity contribution in [2.45, 2.75) is 24.5 Å². The first kappa shape index (κ1) is 26.2. The van der Waals surface area contributed by atoms with Crippen LogP contribution in [-0.4, -0.2) is 39.4 Å². The number of rotatable bonds is 8. The number of hydrogen-bond donors (Lipinski definition) is 0. The summed E-state index contributed by atoms with van der Waals surface area (Å²) in [6.07, 6.45) is 0.0386. The van der Waals surface area contributed by atoms with E-state index in [1.54, 1.807) is 12.1 Å². The van der Waals surface area contributed by atoms with E-state index in [4.69, 9.17) is 0 Å². The van der Waals surface area contributed by atoms with Crippen LogP contribution in [0.5, 0.6) is 11.5 Å². The van der Waals surface area contributed by atoms with E-state index in [1.165, 1.54) is 50.6 Å². The number of carbonyl (C=O) groups is 2. The minimum atomic E-state index is -2.89. The van der Waals surface area contributed by atoms with Gasteiger partial charge in [0.05, 0.1) is 20.6 Å². The monoisotopic (exact) mass is 510 g/mol. The molecule has 2 aromatic carbocycles. The minimum absolute atomic E-state index is 0.000790. The molecule has 2 aromatic rings. The lowest BCUT2D eigenvalue weighted by atomic mass is 10.1. The fourth-order valence-corrected chi connectivity index (χ4v) is 2.63. The Kier molecular flexibility index (Phi) is 11.4. The average Bonchev–Trinajstić information content (AvgIpc) is 2.72. The van der Waals surface area contributed by atoms with Crippen LogP contribution in [-0.2, 0) is 25.5 Å². The molecule has 1 unspecified atom stereocenters. The Balaban J connectivity index is 0.000000311. The first-order valence-corrected chi connectivity index (χ1v) is 9.45. The first-order chi connectivity index (χ1) is 14.7. The molecule has 0 N–H and O–H groups in total. The first-order valence-electron chi connectivity index (χ1n) is 8.53. The molecule has 0 radical (unpaired) electrons. The zero-order valence-corrected chi connectivity index (χ0v) is 18.0. The Morgan fingerprint density at radius 3 is 1.94 bits per heavy atom. The molecule has 0 fully saturated rings. The minimum Gasteiger partial charge on any atom is -0.469 e. The van der Waals surface area contributed by atoms with Crippen molar-refractivity contribution in [3.8, 4) is 11.5 Å². The number of carbonyl (C=O) groups excluding carboxylic acids is 2. The molecule has 0 spiro atoms. The molecule has 0 bridgehead atoms. The topological polar surface area (TPSA) is 71.1 Å². The normalized spacial score (nSPS) is 11.3. The van der Waals surface area contributed by atoms with Crippen LogP contribution >= 0.6 is 15.9 Å². The van der Waals surface area contributed by atoms with Gasteiger partial charge in [-0.05, 0) is 35.4 Å². The lowest BCUT2D eigenvalue weighted by Crippen LogP contribution is -2.08. The zero-order valence-electron chi connectivity index (χ0n) is 16.4. The zero-order chi connectivity index (χ0) is 23.4. The second kappa shape index (κ2) is 13.5. The predicted octanol–water partition coefficient (Wildman–Crippen LogP) is 4.90. The van der Waals surface area contributed by atoms with Crippen LogP contribution in [0.3, 0.4) is 0 Å². The number of halogens is 5. The number of esters is 2. The summed E-state index contributed by atoms with van der Waals surface area (Å²) in [5.74, 6) is -0.898. The van der Waals surface area contributed by atoms with Crippen LogP contribution in [0.25, 0.3) is 0 Å². The second-order valence-electron chi connectivity index (χ2n) is 5.62. The van der Waals surface area contributed by atoms with Gasteiger partial charge >= 0.3 is 25.2 Å². The Bertz CT molecular complexity index is 850. The third-order valence-electron chi connectivity index (χ3n) is 3.48. The molecule has 0 amide bonds. The van der Waals surface area contributed by atoms with Crippen LogP contribution in [0, 0.1) is 0 Å². The van der Waals surface area contributed by atoms with Gasteiger partial charge in [0, 0.05) is 0 Å². The van der Waals surface area contributed by atoms with Crippen molar-refractivity contribution in [3.63, 3.8) is 0 Å². The van der Waals surface area contributed by atoms with E-state index in [2.05, 4.69) is 34.9 Å². The molecule has 0 heterocycles. The van der Waals surface area contributed by atoms with Crippen LogP contribution in [0.15, 0.2) is 48.5 Å². The Labute approximate surface area is 184 Å². The van der Waals surface area contributed by atoms with Crippen molar-refractivity contribution < 1.29 is 46.1 Å². The highest BCUT2D eigenvalue weighted by atomic mass is 79.9. The maximum absolute atomic E-state index is 12.0. The predicted molar refractivity (Wildman–Crippen MR) is 106 cm³/mol. The van der Waals surface area contributed by atoms with E-state index in [1.807, 2.05) is 0 Å². The van der Waals surface area contributed by atoms with Gasteiger partial charge < -0.3 is 18.9 Å². The van der Waals surface area contributed by atoms with Crippen molar-refractivity contribution in [3.05, 3.63) is 59.7 Å². The second-order valence-corrected chi connectivity index (χ2v) is 6.53. The van der Waals surface area contributed by atoms with Crippen molar-refractivity contribution in [1.82, 2.24) is 0 Å². The smallest absolute Gasteiger partial charge is 0.387 e. The molecule has 0 saturated carbocycles. The fourth-order valence-electron chi connectivity index (χ4n) is 2.16. The SMILES string of the molecule is COC(=O)C(Br)c1cccc(OC(F)F)c1.COC(=O)Cc1cccc(OC(F)F)c1. The summed E-state index contributed by atoms with van der Waals surface area (Å²) in [7, 11) is 2.51. The summed E-state index contributed by atoms with van der Waals surface area (Å²) in [5.41, 5.74) is 1.06. The highest BCUT2D eigenvalue weighted by Crippen LogP contribution is 2.27. The molecular weight excluding hydrogens is 492 g/mol. The summed E-state index contributed by atoms with van der Waals surface area (Å²) in [6.45, 7) is -5.75. The molecule has 0 saturated heterocycles. The van der Waals surface area contributed by atoms with E-state index in [0.717, 1.165) is 0 Å². The molecule has 11 heteroatoms. The molecule has 31 heavy (non-hydrogen) atoms. The van der Waals surface area contributed by atoms with E-state index >= 15 is 0 Å². The largest absolute Gasteiger partial charge is 0.469 e. The molecular formula is C20H19BrF4O6. The fraction of sp³-hybridized carbons (Fsp3) is 0.300. The van der Waals surface area contributed by atoms with Gasteiger partial charge in [-0.3, -0.25) is 9.59 Å². The molecule has 0 aliphatic heterocycles. The molecule has 0 aliphatic carbocycles. The standard InChI is InChI=1S/C10H9BrF2O3.C10H10F2O3/c1-15-9(14)8(11)6-3-2-4-7(5-6)16-10(12)13;1-14-9(13)6-7-3-2-4-8(5-7)15-10(11)12/h2-5,8,10H,1H3;2-5,10H,6H2,1H3. The van der Waals surface area contributed by atoms with Crippen molar-refractivity contribution in [1.29, 1.82) is 0 Å². The van der Waals surface area contributed by atoms with Gasteiger partial charge in [0.25, 0.3) is 0 Å². The van der Waals surface area contributed by atoms with E-state index in [9.17, 15) is 27.2 Å². The summed E-state index contributed by atoms with van der Waals surface area (Å²) in [6, 6.07) is 11.8. The third kappa shape index (κ3) is 10.2. The summed E-state index contributed by atoms with van der Waals surface area (Å²) < 4.78 is 65.0. The van der Waals surface area contributed by atoms with Crippen molar-refractivity contribution in [2.75, 3.05) is 14.2 Å². The van der Waals surface area contributed by atoms with Crippen LogP contribution < -0.4 is 9.47 Å². The van der Waals surface area contributed by atoms with Gasteiger partial charge in [0.15, 0.2) is 0 Å². The Morgan fingerprint density at radius 2 is 1.42 bits per heavy atom. The third-order valence-corrected chi connectivity index (χ3v) is 4.39. The van der Waals surface area contributed by atoms with Gasteiger partial charge in [0.2, 0.25) is 0 Å². The molecule has 6 nitrogen and oxygen atoms in total. The van der Waals surface area contributed by atoms with E-state index < -0.39 is 30.0 Å². The van der Waals surface area contributed by atoms with Gasteiger partial charge in [-0.15, -0.1) is 0 Å². The van der Waals surface area contributed by atoms with Crippen LogP contribution in [0.2, 0.25) is 0 Å². The highest BCUT2D eigenvalue weighted by Gasteiger charge is 2.18. The lowest BCUT2D eigenvalue weighted by molar-refractivity contribution is -0.140.